The van der Waals surface area contributed by atoms with E-state index in [-0.39, 0.29) is 6.09 Å². The van der Waals surface area contributed by atoms with E-state index in [1.54, 1.807) is 6.20 Å². The van der Waals surface area contributed by atoms with Crippen LogP contribution in [0.4, 0.5) is 4.79 Å². The fourth-order valence-electron chi connectivity index (χ4n) is 2.17. The fourth-order valence-corrected chi connectivity index (χ4v) is 2.17. The Morgan fingerprint density at radius 1 is 1.27 bits per heavy atom. The van der Waals surface area contributed by atoms with Crippen molar-refractivity contribution in [3.63, 3.8) is 0 Å². The minimum atomic E-state index is -0.472. The lowest BCUT2D eigenvalue weighted by molar-refractivity contribution is 0.0527. The van der Waals surface area contributed by atoms with Gasteiger partial charge in [-0.1, -0.05) is 6.92 Å². The molecule has 0 spiro atoms. The van der Waals surface area contributed by atoms with Crippen molar-refractivity contribution >= 4 is 12.1 Å². The number of nitrogens with zero attached hydrogens (tertiary/aromatic N) is 3. The van der Waals surface area contributed by atoms with Crippen molar-refractivity contribution in [3.05, 3.63) is 18.5 Å². The zero-order valence-electron chi connectivity index (χ0n) is 16.7. The predicted molar refractivity (Wildman–Crippen MR) is 104 cm³/mol. The number of carbonyl (C=O) groups is 1. The van der Waals surface area contributed by atoms with Crippen molar-refractivity contribution in [1.29, 1.82) is 0 Å². The molecule has 1 amide bonds. The molecule has 0 saturated carbocycles. The van der Waals surface area contributed by atoms with Gasteiger partial charge in [-0.25, -0.2) is 4.79 Å². The summed E-state index contributed by atoms with van der Waals surface area (Å²) in [6, 6.07) is 1.92. The summed E-state index contributed by atoms with van der Waals surface area (Å²) in [6.07, 6.45) is 4.14. The molecule has 1 atom stereocenters. The molecule has 8 heteroatoms. The van der Waals surface area contributed by atoms with E-state index in [2.05, 4.69) is 33.0 Å². The normalized spacial score (nSPS) is 13.2. The second-order valence-electron chi connectivity index (χ2n) is 7.26. The van der Waals surface area contributed by atoms with Crippen LogP contribution in [0.2, 0.25) is 0 Å². The predicted octanol–water partition coefficient (Wildman–Crippen LogP) is 1.99. The molecular formula is C18H34N6O2. The van der Waals surface area contributed by atoms with E-state index in [0.29, 0.717) is 19.0 Å². The van der Waals surface area contributed by atoms with Crippen LogP contribution < -0.4 is 16.0 Å². The van der Waals surface area contributed by atoms with E-state index in [0.717, 1.165) is 32.0 Å². The molecule has 1 aromatic heterocycles. The van der Waals surface area contributed by atoms with Crippen molar-refractivity contribution in [2.45, 2.75) is 53.2 Å². The van der Waals surface area contributed by atoms with Gasteiger partial charge in [-0.15, -0.1) is 0 Å². The summed E-state index contributed by atoms with van der Waals surface area (Å²) in [4.78, 5) is 16.2. The summed E-state index contributed by atoms with van der Waals surface area (Å²) in [5.74, 6) is 1.18. The zero-order chi connectivity index (χ0) is 19.4. The maximum atomic E-state index is 11.6. The molecule has 1 rings (SSSR count). The molecule has 148 valence electrons. The number of rotatable bonds is 9. The number of ether oxygens (including phenoxy) is 1. The first-order chi connectivity index (χ1) is 12.3. The zero-order valence-corrected chi connectivity index (χ0v) is 16.7. The summed E-state index contributed by atoms with van der Waals surface area (Å²) in [7, 11) is 0. The first kappa shape index (κ1) is 21.8. The minimum absolute atomic E-state index is 0.384. The van der Waals surface area contributed by atoms with E-state index >= 15 is 0 Å². The molecule has 0 aliphatic heterocycles. The van der Waals surface area contributed by atoms with E-state index in [9.17, 15) is 4.79 Å². The highest BCUT2D eigenvalue weighted by molar-refractivity contribution is 5.79. The van der Waals surface area contributed by atoms with Gasteiger partial charge in [0.05, 0.1) is 0 Å². The van der Waals surface area contributed by atoms with Crippen LogP contribution >= 0.6 is 0 Å². The van der Waals surface area contributed by atoms with Crippen LogP contribution in [0.5, 0.6) is 0 Å². The van der Waals surface area contributed by atoms with Gasteiger partial charge in [0, 0.05) is 45.1 Å². The van der Waals surface area contributed by atoms with Crippen molar-refractivity contribution in [2.24, 2.45) is 10.9 Å². The van der Waals surface area contributed by atoms with Gasteiger partial charge in [0.2, 0.25) is 0 Å². The largest absolute Gasteiger partial charge is 0.444 e. The lowest BCUT2D eigenvalue weighted by Gasteiger charge is -2.19. The highest BCUT2D eigenvalue weighted by Crippen LogP contribution is 2.06. The average Bonchev–Trinajstić information content (AvgIpc) is 3.03. The van der Waals surface area contributed by atoms with Crippen LogP contribution in [-0.2, 0) is 11.3 Å². The molecule has 0 aliphatic carbocycles. The molecule has 26 heavy (non-hydrogen) atoms. The Balaban J connectivity index is 2.26. The van der Waals surface area contributed by atoms with Crippen molar-refractivity contribution in [2.75, 3.05) is 26.2 Å². The van der Waals surface area contributed by atoms with Crippen LogP contribution in [0.3, 0.4) is 0 Å². The third kappa shape index (κ3) is 10.6. The van der Waals surface area contributed by atoms with E-state index in [4.69, 9.17) is 4.74 Å². The number of aromatic nitrogens is 2. The van der Waals surface area contributed by atoms with E-state index < -0.39 is 5.60 Å². The second-order valence-corrected chi connectivity index (χ2v) is 7.26. The number of guanidine groups is 1. The molecule has 0 fully saturated rings. The summed E-state index contributed by atoms with van der Waals surface area (Å²) in [6.45, 7) is 13.4. The number of hydrogen-bond acceptors (Lipinski definition) is 4. The molecule has 0 aromatic carbocycles. The topological polar surface area (TPSA) is 92.6 Å². The molecule has 0 bridgehead atoms. The quantitative estimate of drug-likeness (QED) is 0.353. The number of hydrogen-bond donors (Lipinski definition) is 3. The van der Waals surface area contributed by atoms with E-state index in [1.807, 2.05) is 44.6 Å². The lowest BCUT2D eigenvalue weighted by Crippen LogP contribution is -2.39. The Labute approximate surface area is 156 Å². The molecule has 8 nitrogen and oxygen atoms in total. The molecule has 0 saturated heterocycles. The Hall–Kier alpha value is -2.25. The first-order valence-electron chi connectivity index (χ1n) is 9.26. The number of carbonyl (C=O) groups excluding carboxylic acids is 1. The van der Waals surface area contributed by atoms with Crippen LogP contribution in [0.15, 0.2) is 23.5 Å². The molecular weight excluding hydrogens is 332 g/mol. The molecule has 3 N–H and O–H groups in total. The molecule has 1 unspecified atom stereocenters. The van der Waals surface area contributed by atoms with Gasteiger partial charge in [-0.3, -0.25) is 9.67 Å². The Morgan fingerprint density at radius 2 is 2.00 bits per heavy atom. The molecule has 0 radical (unpaired) electrons. The van der Waals surface area contributed by atoms with Gasteiger partial charge < -0.3 is 20.7 Å². The summed E-state index contributed by atoms with van der Waals surface area (Å²) < 4.78 is 7.12. The van der Waals surface area contributed by atoms with Crippen LogP contribution in [-0.4, -0.2) is 53.6 Å². The van der Waals surface area contributed by atoms with Crippen LogP contribution in [0.1, 0.15) is 41.0 Å². The van der Waals surface area contributed by atoms with Crippen LogP contribution in [0.25, 0.3) is 0 Å². The summed E-state index contributed by atoms with van der Waals surface area (Å²) in [5.41, 5.74) is -0.472. The standard InChI is InChI=1S/C18H34N6O2/c1-6-19-16(22-13-15(2)14-24-12-8-11-23-24)20-9-7-10-21-17(25)26-18(3,4)5/h8,11-12,15H,6-7,9-10,13-14H2,1-5H3,(H,21,25)(H2,19,20,22). The fraction of sp³-hybridized carbons (Fsp3) is 0.722. The number of aliphatic imine (C=N–C) groups is 1. The Kier molecular flexibility index (Phi) is 9.54. The van der Waals surface area contributed by atoms with Gasteiger partial charge in [0.25, 0.3) is 0 Å². The van der Waals surface area contributed by atoms with E-state index in [1.165, 1.54) is 0 Å². The number of alkyl carbamates (subject to hydrolysis) is 1. The Bertz CT molecular complexity index is 536. The second kappa shape index (κ2) is 11.4. The highest BCUT2D eigenvalue weighted by Gasteiger charge is 2.15. The highest BCUT2D eigenvalue weighted by atomic mass is 16.6. The van der Waals surface area contributed by atoms with Gasteiger partial charge in [-0.05, 0) is 46.1 Å². The van der Waals surface area contributed by atoms with Crippen molar-refractivity contribution in [1.82, 2.24) is 25.7 Å². The molecule has 1 heterocycles. The SMILES string of the molecule is CCNC(=NCC(C)Cn1cccn1)NCCCNC(=O)OC(C)(C)C. The van der Waals surface area contributed by atoms with Crippen molar-refractivity contribution in [3.8, 4) is 0 Å². The number of nitrogens with one attached hydrogen (secondary N) is 3. The Morgan fingerprint density at radius 3 is 2.62 bits per heavy atom. The van der Waals surface area contributed by atoms with Crippen molar-refractivity contribution < 1.29 is 9.53 Å². The number of amides is 1. The summed E-state index contributed by atoms with van der Waals surface area (Å²) in [5, 5.41) is 13.5. The van der Waals surface area contributed by atoms with Gasteiger partial charge in [0.15, 0.2) is 5.96 Å². The maximum Gasteiger partial charge on any atom is 0.407 e. The minimum Gasteiger partial charge on any atom is -0.444 e. The smallest absolute Gasteiger partial charge is 0.407 e. The monoisotopic (exact) mass is 366 g/mol. The van der Waals surface area contributed by atoms with Gasteiger partial charge in [-0.2, -0.15) is 5.10 Å². The first-order valence-corrected chi connectivity index (χ1v) is 9.26. The maximum absolute atomic E-state index is 11.6. The third-order valence-electron chi connectivity index (χ3n) is 3.28. The molecule has 0 aliphatic rings. The van der Waals surface area contributed by atoms with Gasteiger partial charge in [0.1, 0.15) is 5.60 Å². The average molecular weight is 367 g/mol. The molecule has 1 aromatic rings. The van der Waals surface area contributed by atoms with Gasteiger partial charge >= 0.3 is 6.09 Å². The lowest BCUT2D eigenvalue weighted by atomic mass is 10.2. The summed E-state index contributed by atoms with van der Waals surface area (Å²) >= 11 is 0. The van der Waals surface area contributed by atoms with Crippen LogP contribution in [0, 0.1) is 5.92 Å². The third-order valence-corrected chi connectivity index (χ3v) is 3.28.